The van der Waals surface area contributed by atoms with E-state index in [1.807, 2.05) is 19.1 Å². The van der Waals surface area contributed by atoms with Crippen LogP contribution < -0.4 is 5.56 Å². The lowest BCUT2D eigenvalue weighted by Crippen LogP contribution is -2.10. The Balaban J connectivity index is 2.37. The third-order valence-corrected chi connectivity index (χ3v) is 2.47. The van der Waals surface area contributed by atoms with E-state index in [0.717, 1.165) is 5.56 Å². The maximum absolute atomic E-state index is 11.6. The van der Waals surface area contributed by atoms with Gasteiger partial charge in [0, 0.05) is 7.05 Å². The van der Waals surface area contributed by atoms with E-state index in [0.29, 0.717) is 12.0 Å². The van der Waals surface area contributed by atoms with Crippen molar-refractivity contribution in [2.75, 3.05) is 0 Å². The summed E-state index contributed by atoms with van der Waals surface area (Å²) in [4.78, 5) is 22.4. The van der Waals surface area contributed by atoms with E-state index in [4.69, 9.17) is 0 Å². The molecule has 1 heterocycles. The molecule has 0 amide bonds. The summed E-state index contributed by atoms with van der Waals surface area (Å²) >= 11 is 0. The first-order chi connectivity index (χ1) is 8.61. The van der Waals surface area contributed by atoms with Crippen LogP contribution in [0.2, 0.25) is 0 Å². The van der Waals surface area contributed by atoms with E-state index < -0.39 is 0 Å². The Morgan fingerprint density at radius 1 is 1.22 bits per heavy atom. The molecule has 0 fully saturated rings. The van der Waals surface area contributed by atoms with Gasteiger partial charge in [-0.2, -0.15) is 5.11 Å². The number of aryl methyl sites for hydroxylation is 2. The van der Waals surface area contributed by atoms with Crippen molar-refractivity contribution in [3.8, 4) is 0 Å². The Morgan fingerprint density at radius 2 is 1.89 bits per heavy atom. The summed E-state index contributed by atoms with van der Waals surface area (Å²) in [6.45, 7) is 1.97. The van der Waals surface area contributed by atoms with Crippen LogP contribution in [-0.2, 0) is 7.05 Å². The zero-order chi connectivity index (χ0) is 13.1. The molecule has 0 aliphatic carbocycles. The fourth-order valence-electron chi connectivity index (χ4n) is 1.46. The zero-order valence-corrected chi connectivity index (χ0v) is 10.0. The second kappa shape index (κ2) is 4.79. The summed E-state index contributed by atoms with van der Waals surface area (Å²) < 4.78 is 1.19. The van der Waals surface area contributed by atoms with Crippen LogP contribution in [0.25, 0.3) is 0 Å². The van der Waals surface area contributed by atoms with E-state index in [1.54, 1.807) is 12.1 Å². The highest BCUT2D eigenvalue weighted by Crippen LogP contribution is 2.17. The topological polar surface area (TPSA) is 79.6 Å². The van der Waals surface area contributed by atoms with Gasteiger partial charge in [-0.1, -0.05) is 17.7 Å². The van der Waals surface area contributed by atoms with Crippen LogP contribution in [0.5, 0.6) is 0 Å². The molecule has 6 nitrogen and oxygen atoms in total. The molecule has 2 aromatic rings. The van der Waals surface area contributed by atoms with Gasteiger partial charge in [0.25, 0.3) is 5.56 Å². The molecule has 0 bridgehead atoms. The fraction of sp³-hybridized carbons (Fsp3) is 0.167. The second-order valence-corrected chi connectivity index (χ2v) is 3.89. The molecule has 0 atom stereocenters. The number of nitrogens with zero attached hydrogens (tertiary/aromatic N) is 3. The highest BCUT2D eigenvalue weighted by atomic mass is 16.1. The quantitative estimate of drug-likeness (QED) is 0.663. The smallest absolute Gasteiger partial charge is 0.294 e. The molecule has 0 saturated heterocycles. The van der Waals surface area contributed by atoms with Gasteiger partial charge in [-0.15, -0.1) is 5.11 Å². The lowest BCUT2D eigenvalue weighted by Gasteiger charge is -1.92. The number of nitrogens with one attached hydrogen (secondary N) is 1. The maximum Gasteiger partial charge on any atom is 0.294 e. The van der Waals surface area contributed by atoms with Gasteiger partial charge in [0.1, 0.15) is 5.69 Å². The summed E-state index contributed by atoms with van der Waals surface area (Å²) in [6.07, 6.45) is 0.547. The van der Waals surface area contributed by atoms with Gasteiger partial charge in [0.05, 0.1) is 5.69 Å². The molecule has 1 N–H and O–H groups in total. The number of carbonyl (C=O) groups is 1. The first-order valence-electron chi connectivity index (χ1n) is 5.34. The molecule has 2 rings (SSSR count). The van der Waals surface area contributed by atoms with Gasteiger partial charge in [0.15, 0.2) is 12.0 Å². The molecule has 92 valence electrons. The Kier molecular flexibility index (Phi) is 3.18. The number of rotatable bonds is 3. The number of hydrogen-bond donors (Lipinski definition) is 1. The van der Waals surface area contributed by atoms with Crippen molar-refractivity contribution in [2.24, 2.45) is 17.3 Å². The summed E-state index contributed by atoms with van der Waals surface area (Å²) in [5, 5.41) is 10.3. The summed E-state index contributed by atoms with van der Waals surface area (Å²) in [6, 6.07) is 7.36. The fourth-order valence-corrected chi connectivity index (χ4v) is 1.46. The van der Waals surface area contributed by atoms with Crippen molar-refractivity contribution in [2.45, 2.75) is 6.92 Å². The predicted molar refractivity (Wildman–Crippen MR) is 66.8 cm³/mol. The molecule has 0 aliphatic rings. The van der Waals surface area contributed by atoms with Crippen LogP contribution in [0.15, 0.2) is 39.3 Å². The average molecular weight is 244 g/mol. The highest BCUT2D eigenvalue weighted by Gasteiger charge is 2.10. The van der Waals surface area contributed by atoms with E-state index >= 15 is 0 Å². The van der Waals surface area contributed by atoms with Gasteiger partial charge < -0.3 is 0 Å². The number of benzene rings is 1. The third kappa shape index (κ3) is 2.27. The number of azo groups is 1. The van der Waals surface area contributed by atoms with Crippen LogP contribution in [0.3, 0.4) is 0 Å². The molecular weight excluding hydrogens is 232 g/mol. The molecule has 0 aliphatic heterocycles. The zero-order valence-electron chi connectivity index (χ0n) is 10.0. The molecule has 1 aromatic carbocycles. The second-order valence-electron chi connectivity index (χ2n) is 3.89. The van der Waals surface area contributed by atoms with Gasteiger partial charge in [-0.3, -0.25) is 19.4 Å². The summed E-state index contributed by atoms with van der Waals surface area (Å²) in [7, 11) is 1.51. The molecule has 0 unspecified atom stereocenters. The summed E-state index contributed by atoms with van der Waals surface area (Å²) in [5.41, 5.74) is 1.50. The SMILES string of the molecule is Cc1ccc(N=Nc2c(C=O)[nH]n(C)c2=O)cc1. The molecule has 6 heteroatoms. The van der Waals surface area contributed by atoms with Crippen molar-refractivity contribution >= 4 is 17.7 Å². The van der Waals surface area contributed by atoms with Crippen LogP contribution in [0, 0.1) is 6.92 Å². The average Bonchev–Trinajstić information content (AvgIpc) is 2.65. The Morgan fingerprint density at radius 3 is 2.50 bits per heavy atom. The number of carbonyl (C=O) groups excluding carboxylic acids is 1. The molecular formula is C12H12N4O2. The Hall–Kier alpha value is -2.50. The van der Waals surface area contributed by atoms with Crippen LogP contribution in [0.1, 0.15) is 16.1 Å². The van der Waals surface area contributed by atoms with Crippen LogP contribution in [-0.4, -0.2) is 16.1 Å². The largest absolute Gasteiger partial charge is 0.296 e. The number of aromatic nitrogens is 2. The predicted octanol–water partition coefficient (Wildman–Crippen LogP) is 2.25. The molecule has 18 heavy (non-hydrogen) atoms. The van der Waals surface area contributed by atoms with Crippen LogP contribution >= 0.6 is 0 Å². The van der Waals surface area contributed by atoms with E-state index in [1.165, 1.54) is 11.7 Å². The van der Waals surface area contributed by atoms with Crippen molar-refractivity contribution in [1.82, 2.24) is 9.78 Å². The van der Waals surface area contributed by atoms with Crippen molar-refractivity contribution in [3.05, 3.63) is 45.9 Å². The van der Waals surface area contributed by atoms with Crippen molar-refractivity contribution in [3.63, 3.8) is 0 Å². The van der Waals surface area contributed by atoms with Gasteiger partial charge in [0.2, 0.25) is 0 Å². The van der Waals surface area contributed by atoms with Gasteiger partial charge in [-0.05, 0) is 19.1 Å². The minimum absolute atomic E-state index is 0.0214. The Labute approximate surface area is 103 Å². The lowest BCUT2D eigenvalue weighted by atomic mass is 10.2. The van der Waals surface area contributed by atoms with Crippen LogP contribution in [0.4, 0.5) is 11.4 Å². The lowest BCUT2D eigenvalue weighted by molar-refractivity contribution is 0.111. The number of aromatic amines is 1. The maximum atomic E-state index is 11.6. The molecule has 0 saturated carbocycles. The van der Waals surface area contributed by atoms with E-state index in [-0.39, 0.29) is 16.9 Å². The molecule has 0 radical (unpaired) electrons. The van der Waals surface area contributed by atoms with Gasteiger partial charge in [-0.25, -0.2) is 0 Å². The molecule has 0 spiro atoms. The van der Waals surface area contributed by atoms with Crippen molar-refractivity contribution in [1.29, 1.82) is 0 Å². The third-order valence-electron chi connectivity index (χ3n) is 2.47. The van der Waals surface area contributed by atoms with E-state index in [2.05, 4.69) is 15.3 Å². The first-order valence-corrected chi connectivity index (χ1v) is 5.34. The summed E-state index contributed by atoms with van der Waals surface area (Å²) in [5.74, 6) is 0. The van der Waals surface area contributed by atoms with E-state index in [9.17, 15) is 9.59 Å². The number of hydrogen-bond acceptors (Lipinski definition) is 4. The Bertz CT molecular complexity index is 650. The monoisotopic (exact) mass is 244 g/mol. The minimum atomic E-state index is -0.382. The standard InChI is InChI=1S/C12H12N4O2/c1-8-3-5-9(6-4-8)13-14-11-10(7-17)15-16(2)12(11)18/h3-7,15H,1-2H3. The number of H-pyrrole nitrogens is 1. The highest BCUT2D eigenvalue weighted by molar-refractivity contribution is 5.79. The van der Waals surface area contributed by atoms with Crippen molar-refractivity contribution < 1.29 is 4.79 Å². The number of aldehydes is 1. The first kappa shape index (κ1) is 12.0. The normalized spacial score (nSPS) is 11.0. The molecule has 1 aromatic heterocycles. The van der Waals surface area contributed by atoms with Gasteiger partial charge >= 0.3 is 0 Å². The minimum Gasteiger partial charge on any atom is -0.296 e.